The Morgan fingerprint density at radius 1 is 0.447 bits per heavy atom. The first-order valence-corrected chi connectivity index (χ1v) is 17.4. The smallest absolute Gasteiger partial charge is 0.164 e. The molecule has 0 saturated heterocycles. The third kappa shape index (κ3) is 3.91. The average molecular weight is 636 g/mol. The molecule has 3 nitrogen and oxygen atoms in total. The Morgan fingerprint density at radius 3 is 1.81 bits per heavy atom. The molecule has 0 bridgehead atoms. The summed E-state index contributed by atoms with van der Waals surface area (Å²) >= 11 is 3.66. The zero-order valence-corrected chi connectivity index (χ0v) is 26.7. The third-order valence-electron chi connectivity index (χ3n) is 9.49. The molecule has 1 unspecified atom stereocenters. The van der Waals surface area contributed by atoms with E-state index in [0.717, 1.165) is 16.7 Å². The highest BCUT2D eigenvalue weighted by atomic mass is 32.2. The summed E-state index contributed by atoms with van der Waals surface area (Å²) in [6.45, 7) is 0. The SMILES string of the molecule is c1ccc(-c2nc(-c3ccccc3)nc(-c3ccc4c(c3)C3(c5ccccc5S4)c4ccccc4-c4c3ccc3sccc43)n2)cc1. The van der Waals surface area contributed by atoms with Gasteiger partial charge in [-0.15, -0.1) is 11.3 Å². The van der Waals surface area contributed by atoms with Crippen molar-refractivity contribution in [1.29, 1.82) is 0 Å². The number of aromatic nitrogens is 3. The minimum Gasteiger partial charge on any atom is -0.208 e. The molecule has 0 amide bonds. The van der Waals surface area contributed by atoms with Gasteiger partial charge in [0.25, 0.3) is 0 Å². The van der Waals surface area contributed by atoms with Crippen LogP contribution in [-0.2, 0) is 5.41 Å². The quantitative estimate of drug-likeness (QED) is 0.194. The highest BCUT2D eigenvalue weighted by molar-refractivity contribution is 7.99. The molecule has 1 atom stereocenters. The molecular weight excluding hydrogens is 611 g/mol. The molecule has 0 N–H and O–H groups in total. The maximum absolute atomic E-state index is 5.10. The lowest BCUT2D eigenvalue weighted by Crippen LogP contribution is -2.32. The van der Waals surface area contributed by atoms with Gasteiger partial charge in [0.1, 0.15) is 0 Å². The predicted octanol–water partition coefficient (Wildman–Crippen LogP) is 10.9. The summed E-state index contributed by atoms with van der Waals surface area (Å²) in [6.07, 6.45) is 0. The molecule has 6 aromatic carbocycles. The zero-order chi connectivity index (χ0) is 31.0. The minimum absolute atomic E-state index is 0.479. The van der Waals surface area contributed by atoms with Gasteiger partial charge in [0.05, 0.1) is 5.41 Å². The van der Waals surface area contributed by atoms with E-state index in [2.05, 4.69) is 115 Å². The number of thiophene rings is 1. The molecule has 1 spiro atoms. The fraction of sp³-hybridized carbons (Fsp3) is 0.0238. The van der Waals surface area contributed by atoms with E-state index in [-0.39, 0.29) is 0 Å². The Hall–Kier alpha value is -5.36. The average Bonchev–Trinajstić information content (AvgIpc) is 3.74. The molecule has 0 fully saturated rings. The molecule has 47 heavy (non-hydrogen) atoms. The Labute approximate surface area is 280 Å². The lowest BCUT2D eigenvalue weighted by molar-refractivity contribution is 0.723. The van der Waals surface area contributed by atoms with E-state index < -0.39 is 5.41 Å². The monoisotopic (exact) mass is 635 g/mol. The van der Waals surface area contributed by atoms with Crippen molar-refractivity contribution in [2.45, 2.75) is 15.2 Å². The van der Waals surface area contributed by atoms with Crippen molar-refractivity contribution >= 4 is 33.2 Å². The summed E-state index contributed by atoms with van der Waals surface area (Å²) in [5, 5.41) is 3.53. The van der Waals surface area contributed by atoms with Gasteiger partial charge in [0.2, 0.25) is 0 Å². The molecule has 1 aliphatic heterocycles. The van der Waals surface area contributed by atoms with Gasteiger partial charge in [0.15, 0.2) is 17.5 Å². The van der Waals surface area contributed by atoms with Crippen LogP contribution in [0.25, 0.3) is 55.4 Å². The van der Waals surface area contributed by atoms with Gasteiger partial charge in [0, 0.05) is 36.6 Å². The van der Waals surface area contributed by atoms with E-state index in [9.17, 15) is 0 Å². The van der Waals surface area contributed by atoms with Crippen LogP contribution >= 0.6 is 23.1 Å². The second-order valence-corrected chi connectivity index (χ2v) is 14.0. The largest absolute Gasteiger partial charge is 0.208 e. The van der Waals surface area contributed by atoms with E-state index in [1.54, 1.807) is 11.3 Å². The van der Waals surface area contributed by atoms with Gasteiger partial charge in [-0.25, -0.2) is 15.0 Å². The molecule has 5 heteroatoms. The van der Waals surface area contributed by atoms with Crippen LogP contribution in [0.15, 0.2) is 161 Å². The van der Waals surface area contributed by atoms with Crippen molar-refractivity contribution in [3.63, 3.8) is 0 Å². The van der Waals surface area contributed by atoms with Crippen molar-refractivity contribution in [2.24, 2.45) is 0 Å². The van der Waals surface area contributed by atoms with Crippen LogP contribution in [0.3, 0.4) is 0 Å². The van der Waals surface area contributed by atoms with Gasteiger partial charge in [-0.3, -0.25) is 0 Å². The number of fused-ring (bicyclic) bond motifs is 11. The van der Waals surface area contributed by atoms with E-state index in [0.29, 0.717) is 17.5 Å². The van der Waals surface area contributed by atoms with Crippen molar-refractivity contribution in [3.05, 3.63) is 173 Å². The standard InChI is InChI=1S/C42H25N3S2/c1-3-11-26(12-4-1)39-43-40(27-13-5-2-6-14-27)45-41(44-39)28-19-21-37-34(25-28)42(32-17-9-10-18-36(32)47-37)31-16-8-7-15-29(31)38-30-23-24-46-35(30)22-20-33(38)42/h1-25H. The summed E-state index contributed by atoms with van der Waals surface area (Å²) in [5.74, 6) is 2.00. The normalized spacial score (nSPS) is 15.7. The third-order valence-corrected chi connectivity index (χ3v) is 11.5. The Morgan fingerprint density at radius 2 is 1.06 bits per heavy atom. The van der Waals surface area contributed by atoms with Crippen LogP contribution < -0.4 is 0 Å². The van der Waals surface area contributed by atoms with E-state index >= 15 is 0 Å². The molecular formula is C42H25N3S2. The highest BCUT2D eigenvalue weighted by Gasteiger charge is 2.50. The van der Waals surface area contributed by atoms with Crippen LogP contribution in [0.2, 0.25) is 0 Å². The van der Waals surface area contributed by atoms with Crippen LogP contribution in [0.1, 0.15) is 22.3 Å². The number of hydrogen-bond acceptors (Lipinski definition) is 5. The van der Waals surface area contributed by atoms with Gasteiger partial charge in [-0.2, -0.15) is 0 Å². The van der Waals surface area contributed by atoms with Crippen molar-refractivity contribution < 1.29 is 0 Å². The Balaban J connectivity index is 1.27. The molecule has 2 aromatic heterocycles. The second-order valence-electron chi connectivity index (χ2n) is 12.0. The first-order valence-electron chi connectivity index (χ1n) is 15.7. The molecule has 10 rings (SSSR count). The summed E-state index contributed by atoms with van der Waals surface area (Å²) in [7, 11) is 0. The van der Waals surface area contributed by atoms with Crippen molar-refractivity contribution in [2.75, 3.05) is 0 Å². The molecule has 1 aliphatic carbocycles. The fourth-order valence-corrected chi connectivity index (χ4v) is 9.49. The number of nitrogens with zero attached hydrogens (tertiary/aromatic N) is 3. The second kappa shape index (κ2) is 10.3. The van der Waals surface area contributed by atoms with Gasteiger partial charge in [-0.05, 0) is 69.1 Å². The van der Waals surface area contributed by atoms with Crippen molar-refractivity contribution in [3.8, 4) is 45.3 Å². The Bertz CT molecular complexity index is 2450. The summed E-state index contributed by atoms with van der Waals surface area (Å²) in [4.78, 5) is 17.7. The van der Waals surface area contributed by atoms with E-state index in [1.165, 1.54) is 53.3 Å². The van der Waals surface area contributed by atoms with Crippen LogP contribution in [0.5, 0.6) is 0 Å². The van der Waals surface area contributed by atoms with Gasteiger partial charge in [-0.1, -0.05) is 127 Å². The minimum atomic E-state index is -0.479. The van der Waals surface area contributed by atoms with E-state index in [1.807, 2.05) is 48.2 Å². The molecule has 2 aliphatic rings. The highest BCUT2D eigenvalue weighted by Crippen LogP contribution is 2.63. The molecule has 0 radical (unpaired) electrons. The predicted molar refractivity (Wildman–Crippen MR) is 193 cm³/mol. The van der Waals surface area contributed by atoms with Gasteiger partial charge < -0.3 is 0 Å². The Kier molecular flexibility index (Phi) is 5.89. The lowest BCUT2D eigenvalue weighted by atomic mass is 9.67. The number of benzene rings is 6. The van der Waals surface area contributed by atoms with Crippen LogP contribution in [0.4, 0.5) is 0 Å². The van der Waals surface area contributed by atoms with Crippen molar-refractivity contribution in [1.82, 2.24) is 15.0 Å². The van der Waals surface area contributed by atoms with Gasteiger partial charge >= 0.3 is 0 Å². The first kappa shape index (κ1) is 26.8. The molecule has 220 valence electrons. The summed E-state index contributed by atoms with van der Waals surface area (Å²) < 4.78 is 1.31. The summed E-state index contributed by atoms with van der Waals surface area (Å²) in [6, 6.07) is 52.1. The number of rotatable bonds is 3. The maximum atomic E-state index is 5.10. The fourth-order valence-electron chi connectivity index (χ4n) is 7.52. The topological polar surface area (TPSA) is 38.7 Å². The lowest BCUT2D eigenvalue weighted by Gasteiger charge is -2.39. The number of hydrogen-bond donors (Lipinski definition) is 0. The molecule has 3 heterocycles. The first-order chi connectivity index (χ1) is 23.3. The molecule has 8 aromatic rings. The van der Waals surface area contributed by atoms with E-state index in [4.69, 9.17) is 15.0 Å². The molecule has 0 saturated carbocycles. The van der Waals surface area contributed by atoms with Crippen LogP contribution in [0, 0.1) is 0 Å². The maximum Gasteiger partial charge on any atom is 0.164 e. The zero-order valence-electron chi connectivity index (χ0n) is 25.1. The summed E-state index contributed by atoms with van der Waals surface area (Å²) in [5.41, 5.74) is 10.3. The van der Waals surface area contributed by atoms with Crippen LogP contribution in [-0.4, -0.2) is 15.0 Å².